The van der Waals surface area contributed by atoms with Crippen LogP contribution in [0.1, 0.15) is 27.0 Å². The molecule has 1 aliphatic rings. The van der Waals surface area contributed by atoms with E-state index in [1.165, 1.54) is 4.90 Å². The third-order valence-electron chi connectivity index (χ3n) is 4.66. The number of nitrogens with zero attached hydrogens (tertiary/aromatic N) is 2. The lowest BCUT2D eigenvalue weighted by atomic mass is 9.92. The molecule has 0 aliphatic carbocycles. The Kier molecular flexibility index (Phi) is 4.72. The molecule has 0 saturated heterocycles. The van der Waals surface area contributed by atoms with Crippen molar-refractivity contribution in [2.45, 2.75) is 6.54 Å². The van der Waals surface area contributed by atoms with Crippen molar-refractivity contribution in [1.29, 1.82) is 0 Å². The van der Waals surface area contributed by atoms with Gasteiger partial charge in [-0.25, -0.2) is 0 Å². The number of carbonyl (C=O) groups is 2. The van der Waals surface area contributed by atoms with E-state index in [9.17, 15) is 9.59 Å². The van der Waals surface area contributed by atoms with Crippen molar-refractivity contribution in [2.75, 3.05) is 7.11 Å². The predicted molar refractivity (Wildman–Crippen MR) is 106 cm³/mol. The van der Waals surface area contributed by atoms with Gasteiger partial charge in [-0.05, 0) is 47.0 Å². The van der Waals surface area contributed by atoms with Crippen LogP contribution in [0, 0.1) is 0 Å². The summed E-state index contributed by atoms with van der Waals surface area (Å²) in [7, 11) is 1.60. The molecule has 4 rings (SSSR count). The first-order valence-electron chi connectivity index (χ1n) is 8.87. The van der Waals surface area contributed by atoms with Gasteiger partial charge in [-0.1, -0.05) is 36.4 Å². The number of hydrogen-bond donors (Lipinski definition) is 0. The number of ether oxygens (including phenoxy) is 1. The van der Waals surface area contributed by atoms with Gasteiger partial charge >= 0.3 is 0 Å². The van der Waals surface area contributed by atoms with Gasteiger partial charge in [0.1, 0.15) is 5.75 Å². The van der Waals surface area contributed by atoms with Gasteiger partial charge < -0.3 is 4.74 Å². The average Bonchev–Trinajstić information content (AvgIpc) is 2.75. The van der Waals surface area contributed by atoms with Crippen molar-refractivity contribution in [1.82, 2.24) is 9.88 Å². The van der Waals surface area contributed by atoms with Crippen LogP contribution in [0.2, 0.25) is 0 Å². The van der Waals surface area contributed by atoms with Gasteiger partial charge in [-0.15, -0.1) is 0 Å². The summed E-state index contributed by atoms with van der Waals surface area (Å²) in [4.78, 5) is 31.6. The Morgan fingerprint density at radius 2 is 1.68 bits per heavy atom. The molecule has 2 heterocycles. The van der Waals surface area contributed by atoms with Gasteiger partial charge in [0.05, 0.1) is 13.7 Å². The summed E-state index contributed by atoms with van der Waals surface area (Å²) in [5.41, 5.74) is 3.30. The van der Waals surface area contributed by atoms with Crippen LogP contribution in [0.15, 0.2) is 73.1 Å². The van der Waals surface area contributed by atoms with Crippen LogP contribution < -0.4 is 4.74 Å². The summed E-state index contributed by atoms with van der Waals surface area (Å²) in [6, 6.07) is 18.2. The highest BCUT2D eigenvalue weighted by molar-refractivity contribution is 6.33. The fourth-order valence-corrected chi connectivity index (χ4v) is 3.23. The van der Waals surface area contributed by atoms with Crippen molar-refractivity contribution in [3.05, 3.63) is 95.3 Å². The van der Waals surface area contributed by atoms with Crippen LogP contribution in [0.4, 0.5) is 0 Å². The van der Waals surface area contributed by atoms with E-state index in [0.29, 0.717) is 16.7 Å². The molecule has 0 fully saturated rings. The van der Waals surface area contributed by atoms with E-state index in [0.717, 1.165) is 16.9 Å². The molecule has 0 radical (unpaired) electrons. The molecule has 0 bridgehead atoms. The van der Waals surface area contributed by atoms with Crippen LogP contribution in [0.25, 0.3) is 11.6 Å². The standard InChI is InChI=1S/C23H18N2O3/c1-28-18-10-8-16(9-11-18)15-25-22(26)20-7-3-2-6-19(20)21(23(25)27)13-17-5-4-12-24-14-17/h2-14H,15H2,1H3/b21-13+. The number of fused-ring (bicyclic) bond motifs is 1. The molecule has 5 nitrogen and oxygen atoms in total. The minimum atomic E-state index is -0.316. The lowest BCUT2D eigenvalue weighted by Crippen LogP contribution is -2.41. The van der Waals surface area contributed by atoms with Gasteiger partial charge in [-0.2, -0.15) is 0 Å². The second-order valence-corrected chi connectivity index (χ2v) is 6.43. The SMILES string of the molecule is COc1ccc(CN2C(=O)/C(=C/c3cccnc3)c3ccccc3C2=O)cc1. The minimum Gasteiger partial charge on any atom is -0.497 e. The summed E-state index contributed by atoms with van der Waals surface area (Å²) in [5.74, 6) is 0.116. The monoisotopic (exact) mass is 370 g/mol. The number of hydrogen-bond acceptors (Lipinski definition) is 4. The number of carbonyl (C=O) groups excluding carboxylic acids is 2. The molecule has 1 aliphatic heterocycles. The Balaban J connectivity index is 1.75. The Bertz CT molecular complexity index is 1060. The van der Waals surface area contributed by atoms with E-state index < -0.39 is 0 Å². The van der Waals surface area contributed by atoms with Crippen molar-refractivity contribution >= 4 is 23.5 Å². The third kappa shape index (κ3) is 3.30. The van der Waals surface area contributed by atoms with Crippen molar-refractivity contribution in [3.8, 4) is 5.75 Å². The largest absolute Gasteiger partial charge is 0.497 e. The smallest absolute Gasteiger partial charge is 0.261 e. The van der Waals surface area contributed by atoms with Gasteiger partial charge in [0.15, 0.2) is 0 Å². The lowest BCUT2D eigenvalue weighted by molar-refractivity contribution is -0.123. The average molecular weight is 370 g/mol. The van der Waals surface area contributed by atoms with E-state index in [1.54, 1.807) is 43.8 Å². The molecule has 28 heavy (non-hydrogen) atoms. The number of amides is 2. The second-order valence-electron chi connectivity index (χ2n) is 6.43. The van der Waals surface area contributed by atoms with Crippen LogP contribution in [0.3, 0.4) is 0 Å². The number of imide groups is 1. The molecule has 2 aromatic carbocycles. The first kappa shape index (κ1) is 17.7. The molecule has 0 atom stereocenters. The second kappa shape index (κ2) is 7.48. The fourth-order valence-electron chi connectivity index (χ4n) is 3.23. The van der Waals surface area contributed by atoms with Crippen LogP contribution in [0.5, 0.6) is 5.75 Å². The summed E-state index contributed by atoms with van der Waals surface area (Å²) in [6.45, 7) is 0.195. The maximum atomic E-state index is 13.2. The Hall–Kier alpha value is -3.73. The van der Waals surface area contributed by atoms with Crippen LogP contribution >= 0.6 is 0 Å². The maximum absolute atomic E-state index is 13.2. The summed E-state index contributed by atoms with van der Waals surface area (Å²) >= 11 is 0. The van der Waals surface area contributed by atoms with Gasteiger partial charge in [0, 0.05) is 23.5 Å². The Labute approximate surface area is 162 Å². The molecule has 0 N–H and O–H groups in total. The van der Waals surface area contributed by atoms with Crippen molar-refractivity contribution in [2.24, 2.45) is 0 Å². The van der Waals surface area contributed by atoms with Gasteiger partial charge in [0.2, 0.25) is 0 Å². The zero-order valence-corrected chi connectivity index (χ0v) is 15.3. The van der Waals surface area contributed by atoms with Crippen molar-refractivity contribution < 1.29 is 14.3 Å². The van der Waals surface area contributed by atoms with E-state index in [4.69, 9.17) is 4.74 Å². The summed E-state index contributed by atoms with van der Waals surface area (Å²) in [6.07, 6.45) is 5.15. The molecule has 0 unspecified atom stereocenters. The number of methoxy groups -OCH3 is 1. The lowest BCUT2D eigenvalue weighted by Gasteiger charge is -2.28. The van der Waals surface area contributed by atoms with Gasteiger partial charge in [-0.3, -0.25) is 19.5 Å². The summed E-state index contributed by atoms with van der Waals surface area (Å²) < 4.78 is 5.17. The highest BCUT2D eigenvalue weighted by Crippen LogP contribution is 2.31. The zero-order valence-electron chi connectivity index (χ0n) is 15.3. The van der Waals surface area contributed by atoms with Crippen LogP contribution in [-0.2, 0) is 11.3 Å². The van der Waals surface area contributed by atoms with E-state index in [2.05, 4.69) is 4.98 Å². The molecule has 3 aromatic rings. The minimum absolute atomic E-state index is 0.195. The quantitative estimate of drug-likeness (QED) is 0.518. The van der Waals surface area contributed by atoms with Crippen LogP contribution in [-0.4, -0.2) is 28.8 Å². The third-order valence-corrected chi connectivity index (χ3v) is 4.66. The molecular formula is C23H18N2O3. The number of aromatic nitrogens is 1. The maximum Gasteiger partial charge on any atom is 0.261 e. The molecule has 0 spiro atoms. The van der Waals surface area contributed by atoms with Gasteiger partial charge in [0.25, 0.3) is 11.8 Å². The van der Waals surface area contributed by atoms with E-state index in [-0.39, 0.29) is 18.4 Å². The molecule has 1 aromatic heterocycles. The molecular weight excluding hydrogens is 352 g/mol. The number of benzene rings is 2. The number of rotatable bonds is 4. The normalized spacial score (nSPS) is 14.9. The zero-order chi connectivity index (χ0) is 19.5. The predicted octanol–water partition coefficient (Wildman–Crippen LogP) is 3.81. The first-order valence-corrected chi connectivity index (χ1v) is 8.87. The molecule has 5 heteroatoms. The number of pyridine rings is 1. The molecule has 0 saturated carbocycles. The highest BCUT2D eigenvalue weighted by Gasteiger charge is 2.34. The van der Waals surface area contributed by atoms with E-state index >= 15 is 0 Å². The molecule has 138 valence electrons. The fraction of sp³-hybridized carbons (Fsp3) is 0.0870. The molecule has 2 amide bonds. The Morgan fingerprint density at radius 3 is 2.36 bits per heavy atom. The summed E-state index contributed by atoms with van der Waals surface area (Å²) in [5, 5.41) is 0. The highest BCUT2D eigenvalue weighted by atomic mass is 16.5. The first-order chi connectivity index (χ1) is 13.7. The topological polar surface area (TPSA) is 59.5 Å². The van der Waals surface area contributed by atoms with E-state index in [1.807, 2.05) is 42.5 Å². The Morgan fingerprint density at radius 1 is 0.929 bits per heavy atom. The van der Waals surface area contributed by atoms with Crippen molar-refractivity contribution in [3.63, 3.8) is 0 Å².